The van der Waals surface area contributed by atoms with Crippen LogP contribution in [0.1, 0.15) is 6.42 Å². The van der Waals surface area contributed by atoms with Crippen molar-refractivity contribution in [1.82, 2.24) is 10.1 Å². The monoisotopic (exact) mass is 170 g/mol. The summed E-state index contributed by atoms with van der Waals surface area (Å²) in [7, 11) is 1.93. The lowest BCUT2D eigenvalue weighted by molar-refractivity contribution is 0.0288. The minimum atomic E-state index is 0.549. The average Bonchev–Trinajstić information content (AvgIpc) is 2.52. The van der Waals surface area contributed by atoms with Gasteiger partial charge in [-0.15, -0.1) is 0 Å². The van der Waals surface area contributed by atoms with Gasteiger partial charge in [-0.3, -0.25) is 0 Å². The van der Waals surface area contributed by atoms with Crippen LogP contribution in [0.25, 0.3) is 0 Å². The Bertz CT molecular complexity index is 186. The van der Waals surface area contributed by atoms with Crippen molar-refractivity contribution in [1.29, 1.82) is 5.26 Å². The van der Waals surface area contributed by atoms with E-state index < -0.39 is 0 Å². The smallest absolute Gasteiger partial charge is 0.104 e. The molecule has 0 aromatic rings. The van der Waals surface area contributed by atoms with Crippen LogP contribution >= 0.6 is 11.8 Å². The Morgan fingerprint density at radius 1 is 1.91 bits per heavy atom. The summed E-state index contributed by atoms with van der Waals surface area (Å²) in [6.07, 6.45) is 0.549. The number of hydrogen-bond acceptors (Lipinski definition) is 5. The zero-order chi connectivity index (χ0) is 8.10. The maximum absolute atomic E-state index is 8.32. The van der Waals surface area contributed by atoms with Crippen molar-refractivity contribution >= 4 is 17.3 Å². The van der Waals surface area contributed by atoms with Crippen LogP contribution in [0.2, 0.25) is 0 Å². The first-order valence-corrected chi connectivity index (χ1v) is 4.39. The highest BCUT2D eigenvalue weighted by Crippen LogP contribution is 2.11. The lowest BCUT2D eigenvalue weighted by Gasteiger charge is -2.23. The molecular weight excluding hydrogens is 160 g/mol. The molecule has 5 heteroatoms. The summed E-state index contributed by atoms with van der Waals surface area (Å²) in [5, 5.41) is 16.2. The molecule has 1 rings (SSSR count). The highest BCUT2D eigenvalue weighted by molar-refractivity contribution is 8.12. The highest BCUT2D eigenvalue weighted by Gasteiger charge is 2.10. The first-order valence-electron chi connectivity index (χ1n) is 3.34. The largest absolute Gasteiger partial charge is 0.216 e. The van der Waals surface area contributed by atoms with Crippen molar-refractivity contribution in [3.8, 4) is 6.07 Å². The summed E-state index contributed by atoms with van der Waals surface area (Å²) < 4.78 is 0. The Morgan fingerprint density at radius 2 is 2.73 bits per heavy atom. The quantitative estimate of drug-likeness (QED) is 0.625. The second-order valence-corrected chi connectivity index (χ2v) is 2.98. The number of hydrazine groups is 1. The predicted molar refractivity (Wildman–Crippen MR) is 45.6 cm³/mol. The van der Waals surface area contributed by atoms with Crippen molar-refractivity contribution in [2.75, 3.05) is 19.5 Å². The average molecular weight is 170 g/mol. The second kappa shape index (κ2) is 4.21. The Hall–Kier alpha value is -0.730. The van der Waals surface area contributed by atoms with Crippen molar-refractivity contribution in [3.05, 3.63) is 0 Å². The van der Waals surface area contributed by atoms with Gasteiger partial charge in [-0.2, -0.15) is 10.4 Å². The minimum Gasteiger partial charge on any atom is -0.216 e. The van der Waals surface area contributed by atoms with E-state index >= 15 is 0 Å². The van der Waals surface area contributed by atoms with Gasteiger partial charge in [0.25, 0.3) is 0 Å². The molecule has 0 saturated carbocycles. The van der Waals surface area contributed by atoms with Gasteiger partial charge >= 0.3 is 0 Å². The molecule has 0 aliphatic carbocycles. The third-order valence-corrected chi connectivity index (χ3v) is 2.01. The van der Waals surface area contributed by atoms with E-state index in [2.05, 4.69) is 11.2 Å². The van der Waals surface area contributed by atoms with Crippen LogP contribution in [0, 0.1) is 11.3 Å². The number of thioether (sulfide) groups is 1. The van der Waals surface area contributed by atoms with Crippen LogP contribution in [-0.4, -0.2) is 35.1 Å². The maximum atomic E-state index is 8.32. The summed E-state index contributed by atoms with van der Waals surface area (Å²) in [6, 6.07) is 2.10. The van der Waals surface area contributed by atoms with E-state index in [4.69, 9.17) is 5.26 Å². The van der Waals surface area contributed by atoms with E-state index in [1.807, 2.05) is 22.7 Å². The first kappa shape index (κ1) is 8.37. The molecular formula is C6H10N4S. The van der Waals surface area contributed by atoms with Gasteiger partial charge in [-0.1, -0.05) is 11.8 Å². The van der Waals surface area contributed by atoms with Crippen LogP contribution in [0.5, 0.6) is 0 Å². The summed E-state index contributed by atoms with van der Waals surface area (Å²) in [5.41, 5.74) is 1.81. The third kappa shape index (κ3) is 2.41. The molecule has 0 aromatic carbocycles. The molecule has 0 aromatic heterocycles. The molecule has 11 heavy (non-hydrogen) atoms. The lowest BCUT2D eigenvalue weighted by atomic mass is 10.5. The topological polar surface area (TPSA) is 42.6 Å². The molecule has 60 valence electrons. The molecule has 0 unspecified atom stereocenters. The lowest BCUT2D eigenvalue weighted by Crippen LogP contribution is -2.34. The molecule has 1 heterocycles. The Labute approximate surface area is 70.4 Å². The Kier molecular flexibility index (Phi) is 3.20. The fourth-order valence-corrected chi connectivity index (χ4v) is 1.37. The van der Waals surface area contributed by atoms with E-state index in [0.717, 1.165) is 12.4 Å². The van der Waals surface area contributed by atoms with Crippen molar-refractivity contribution in [2.24, 2.45) is 5.10 Å². The number of nitriles is 1. The van der Waals surface area contributed by atoms with E-state index in [9.17, 15) is 0 Å². The highest BCUT2D eigenvalue weighted by atomic mass is 32.2. The number of hydrogen-bond donors (Lipinski definition) is 0. The first-order chi connectivity index (χ1) is 5.34. The molecule has 0 spiro atoms. The van der Waals surface area contributed by atoms with Gasteiger partial charge in [-0.05, 0) is 0 Å². The molecule has 0 atom stereocenters. The van der Waals surface area contributed by atoms with E-state index in [0.29, 0.717) is 6.42 Å². The molecule has 0 fully saturated rings. The van der Waals surface area contributed by atoms with Gasteiger partial charge in [0.05, 0.1) is 11.6 Å². The van der Waals surface area contributed by atoms with Crippen LogP contribution in [0.15, 0.2) is 5.10 Å². The van der Waals surface area contributed by atoms with Crippen molar-refractivity contribution in [2.45, 2.75) is 6.42 Å². The molecule has 0 amide bonds. The number of nitrogens with zero attached hydrogens (tertiary/aromatic N) is 4. The summed E-state index contributed by atoms with van der Waals surface area (Å²) in [4.78, 5) is 0. The fourth-order valence-electron chi connectivity index (χ4n) is 0.735. The van der Waals surface area contributed by atoms with Gasteiger partial charge < -0.3 is 0 Å². The maximum Gasteiger partial charge on any atom is 0.104 e. The van der Waals surface area contributed by atoms with E-state index in [1.165, 1.54) is 0 Å². The van der Waals surface area contributed by atoms with Crippen LogP contribution in [0.4, 0.5) is 0 Å². The Morgan fingerprint density at radius 3 is 3.27 bits per heavy atom. The molecule has 4 nitrogen and oxygen atoms in total. The zero-order valence-electron chi connectivity index (χ0n) is 6.40. The SMILES string of the molecule is CN(CCC#N)N1CSC=N1. The second-order valence-electron chi connectivity index (χ2n) is 2.18. The van der Waals surface area contributed by atoms with Crippen LogP contribution in [0.3, 0.4) is 0 Å². The van der Waals surface area contributed by atoms with Gasteiger partial charge in [-0.25, -0.2) is 10.1 Å². The molecule has 1 aliphatic heterocycles. The van der Waals surface area contributed by atoms with E-state index in [1.54, 1.807) is 11.8 Å². The molecule has 0 bridgehead atoms. The fraction of sp³-hybridized carbons (Fsp3) is 0.667. The van der Waals surface area contributed by atoms with Crippen LogP contribution in [-0.2, 0) is 0 Å². The van der Waals surface area contributed by atoms with Gasteiger partial charge in [0, 0.05) is 20.0 Å². The minimum absolute atomic E-state index is 0.549. The summed E-state index contributed by atoms with van der Waals surface area (Å²) in [5.74, 6) is 0.863. The third-order valence-electron chi connectivity index (χ3n) is 1.39. The van der Waals surface area contributed by atoms with E-state index in [-0.39, 0.29) is 0 Å². The van der Waals surface area contributed by atoms with Gasteiger partial charge in [0.15, 0.2) is 0 Å². The molecule has 0 saturated heterocycles. The Balaban J connectivity index is 2.24. The van der Waals surface area contributed by atoms with Gasteiger partial charge in [0.2, 0.25) is 0 Å². The predicted octanol–water partition coefficient (Wildman–Crippen LogP) is 0.696. The molecule has 0 radical (unpaired) electrons. The van der Waals surface area contributed by atoms with Crippen molar-refractivity contribution < 1.29 is 0 Å². The van der Waals surface area contributed by atoms with Gasteiger partial charge in [0.1, 0.15) is 5.88 Å². The summed E-state index contributed by atoms with van der Waals surface area (Å²) >= 11 is 1.65. The molecule has 0 N–H and O–H groups in total. The zero-order valence-corrected chi connectivity index (χ0v) is 7.21. The molecule has 1 aliphatic rings. The normalized spacial score (nSPS) is 15.9. The standard InChI is InChI=1S/C6H10N4S/c1-9(4-2-3-7)10-6-11-5-8-10/h5H,2,4,6H2,1H3. The van der Waals surface area contributed by atoms with Crippen LogP contribution < -0.4 is 0 Å². The number of rotatable bonds is 3. The summed E-state index contributed by atoms with van der Waals surface area (Å²) in [6.45, 7) is 0.744. The number of hydrazone groups is 1. The van der Waals surface area contributed by atoms with Crippen molar-refractivity contribution in [3.63, 3.8) is 0 Å².